The lowest BCUT2D eigenvalue weighted by Gasteiger charge is -2.11. The fraction of sp³-hybridized carbons (Fsp3) is 0.357. The molecule has 0 saturated heterocycles. The van der Waals surface area contributed by atoms with Gasteiger partial charge < -0.3 is 5.32 Å². The number of nitrogens with one attached hydrogen (secondary N) is 2. The van der Waals surface area contributed by atoms with Crippen molar-refractivity contribution in [2.24, 2.45) is 0 Å². The summed E-state index contributed by atoms with van der Waals surface area (Å²) in [4.78, 5) is 0.272. The molecule has 2 N–H and O–H groups in total. The van der Waals surface area contributed by atoms with E-state index in [1.165, 1.54) is 0 Å². The van der Waals surface area contributed by atoms with E-state index in [-0.39, 0.29) is 10.9 Å². The Kier molecular flexibility index (Phi) is 4.98. The van der Waals surface area contributed by atoms with Crippen molar-refractivity contribution in [1.82, 2.24) is 14.5 Å². The summed E-state index contributed by atoms with van der Waals surface area (Å²) in [6.45, 7) is 5.06. The minimum Gasteiger partial charge on any atom is -0.383 e. The van der Waals surface area contributed by atoms with E-state index in [0.29, 0.717) is 0 Å². The lowest BCUT2D eigenvalue weighted by Crippen LogP contribution is -2.30. The first kappa shape index (κ1) is 15.5. The molecule has 0 radical (unpaired) electrons. The highest BCUT2D eigenvalue weighted by Crippen LogP contribution is 2.14. The number of rotatable bonds is 7. The van der Waals surface area contributed by atoms with E-state index >= 15 is 0 Å². The van der Waals surface area contributed by atoms with Crippen molar-refractivity contribution in [3.63, 3.8) is 0 Å². The van der Waals surface area contributed by atoms with Crippen LogP contribution in [0.4, 0.5) is 5.69 Å². The molecule has 1 aromatic carbocycles. The SMILES string of the molecule is CC(C)NS(=O)(=O)c1ccc(NCCn2cccn2)cc1. The third-order valence-electron chi connectivity index (χ3n) is 2.78. The molecule has 21 heavy (non-hydrogen) atoms. The van der Waals surface area contributed by atoms with Gasteiger partial charge in [-0.25, -0.2) is 13.1 Å². The van der Waals surface area contributed by atoms with E-state index in [1.54, 1.807) is 44.3 Å². The van der Waals surface area contributed by atoms with Crippen molar-refractivity contribution in [2.75, 3.05) is 11.9 Å². The van der Waals surface area contributed by atoms with Crippen LogP contribution >= 0.6 is 0 Å². The van der Waals surface area contributed by atoms with Gasteiger partial charge in [-0.15, -0.1) is 0 Å². The first-order valence-electron chi connectivity index (χ1n) is 6.81. The lowest BCUT2D eigenvalue weighted by atomic mass is 10.3. The number of sulfonamides is 1. The highest BCUT2D eigenvalue weighted by atomic mass is 32.2. The van der Waals surface area contributed by atoms with E-state index in [9.17, 15) is 8.42 Å². The maximum atomic E-state index is 12.0. The van der Waals surface area contributed by atoms with Gasteiger partial charge in [0.15, 0.2) is 0 Å². The standard InChI is InChI=1S/C14H20N4O2S/c1-12(2)17-21(19,20)14-6-4-13(5-7-14)15-9-11-18-10-3-8-16-18/h3-8,10,12,15,17H,9,11H2,1-2H3. The molecular weight excluding hydrogens is 288 g/mol. The molecule has 0 spiro atoms. The molecule has 1 heterocycles. The van der Waals surface area contributed by atoms with Gasteiger partial charge in [-0.3, -0.25) is 4.68 Å². The Hall–Kier alpha value is -1.86. The molecule has 0 amide bonds. The van der Waals surface area contributed by atoms with Crippen molar-refractivity contribution in [1.29, 1.82) is 0 Å². The maximum Gasteiger partial charge on any atom is 0.240 e. The molecule has 0 bridgehead atoms. The average Bonchev–Trinajstić information content (AvgIpc) is 2.91. The second-order valence-electron chi connectivity index (χ2n) is 5.00. The van der Waals surface area contributed by atoms with Gasteiger partial charge in [-0.1, -0.05) is 0 Å². The molecule has 7 heteroatoms. The highest BCUT2D eigenvalue weighted by molar-refractivity contribution is 7.89. The van der Waals surface area contributed by atoms with E-state index in [0.717, 1.165) is 18.8 Å². The van der Waals surface area contributed by atoms with Crippen molar-refractivity contribution in [3.05, 3.63) is 42.7 Å². The lowest BCUT2D eigenvalue weighted by molar-refractivity contribution is 0.570. The molecule has 0 atom stereocenters. The van der Waals surface area contributed by atoms with Crippen LogP contribution in [-0.2, 0) is 16.6 Å². The van der Waals surface area contributed by atoms with Crippen LogP contribution in [0.2, 0.25) is 0 Å². The predicted octanol–water partition coefficient (Wildman–Crippen LogP) is 1.68. The van der Waals surface area contributed by atoms with Crippen LogP contribution in [0.3, 0.4) is 0 Å². The molecule has 2 rings (SSSR count). The fourth-order valence-corrected chi connectivity index (χ4v) is 3.13. The molecule has 1 aromatic heterocycles. The van der Waals surface area contributed by atoms with E-state index < -0.39 is 10.0 Å². The smallest absolute Gasteiger partial charge is 0.240 e. The quantitative estimate of drug-likeness (QED) is 0.816. The number of hydrogen-bond donors (Lipinski definition) is 2. The summed E-state index contributed by atoms with van der Waals surface area (Å²) >= 11 is 0. The number of benzene rings is 1. The molecular formula is C14H20N4O2S. The van der Waals surface area contributed by atoms with E-state index in [1.807, 2.05) is 16.9 Å². The zero-order valence-corrected chi connectivity index (χ0v) is 13.0. The largest absolute Gasteiger partial charge is 0.383 e. The first-order valence-corrected chi connectivity index (χ1v) is 8.29. The van der Waals surface area contributed by atoms with Crippen LogP contribution in [0, 0.1) is 0 Å². The Balaban J connectivity index is 1.92. The summed E-state index contributed by atoms with van der Waals surface area (Å²) in [7, 11) is -3.42. The van der Waals surface area contributed by atoms with Gasteiger partial charge in [0.05, 0.1) is 11.4 Å². The highest BCUT2D eigenvalue weighted by Gasteiger charge is 2.14. The molecule has 0 aliphatic carbocycles. The van der Waals surface area contributed by atoms with Crippen LogP contribution in [0.15, 0.2) is 47.6 Å². The van der Waals surface area contributed by atoms with Gasteiger partial charge in [-0.2, -0.15) is 5.10 Å². The Morgan fingerprint density at radius 1 is 1.24 bits per heavy atom. The predicted molar refractivity (Wildman–Crippen MR) is 82.6 cm³/mol. The Morgan fingerprint density at radius 2 is 1.95 bits per heavy atom. The second kappa shape index (κ2) is 6.73. The summed E-state index contributed by atoms with van der Waals surface area (Å²) in [6, 6.07) is 8.47. The number of anilines is 1. The molecule has 0 unspecified atom stereocenters. The molecule has 2 aromatic rings. The zero-order valence-electron chi connectivity index (χ0n) is 12.2. The van der Waals surface area contributed by atoms with E-state index in [4.69, 9.17) is 0 Å². The van der Waals surface area contributed by atoms with Gasteiger partial charge in [0, 0.05) is 30.7 Å². The van der Waals surface area contributed by atoms with Crippen LogP contribution in [0.5, 0.6) is 0 Å². The normalized spacial score (nSPS) is 11.8. The molecule has 6 nitrogen and oxygen atoms in total. The summed E-state index contributed by atoms with van der Waals surface area (Å²) in [5, 5.41) is 7.34. The first-order chi connectivity index (χ1) is 9.97. The van der Waals surface area contributed by atoms with Gasteiger partial charge in [-0.05, 0) is 44.2 Å². The Morgan fingerprint density at radius 3 is 2.52 bits per heavy atom. The summed E-state index contributed by atoms with van der Waals surface area (Å²) < 4.78 is 28.3. The minimum atomic E-state index is -3.42. The third kappa shape index (κ3) is 4.57. The topological polar surface area (TPSA) is 76.0 Å². The van der Waals surface area contributed by atoms with Crippen molar-refractivity contribution in [2.45, 2.75) is 31.3 Å². The minimum absolute atomic E-state index is 0.123. The van der Waals surface area contributed by atoms with Gasteiger partial charge in [0.2, 0.25) is 10.0 Å². The molecule has 0 saturated carbocycles. The van der Waals surface area contributed by atoms with Crippen LogP contribution in [0.25, 0.3) is 0 Å². The number of aromatic nitrogens is 2. The number of nitrogens with zero attached hydrogens (tertiary/aromatic N) is 2. The van der Waals surface area contributed by atoms with Crippen LogP contribution in [0.1, 0.15) is 13.8 Å². The third-order valence-corrected chi connectivity index (χ3v) is 4.46. The Labute approximate surface area is 125 Å². The molecule has 0 aliphatic rings. The summed E-state index contributed by atoms with van der Waals surface area (Å²) in [5.41, 5.74) is 0.880. The summed E-state index contributed by atoms with van der Waals surface area (Å²) in [5.74, 6) is 0. The average molecular weight is 308 g/mol. The van der Waals surface area contributed by atoms with E-state index in [2.05, 4.69) is 15.1 Å². The van der Waals surface area contributed by atoms with Crippen LogP contribution in [-0.4, -0.2) is 30.8 Å². The Bertz CT molecular complexity index is 649. The number of hydrogen-bond acceptors (Lipinski definition) is 4. The maximum absolute atomic E-state index is 12.0. The van der Waals surface area contributed by atoms with Gasteiger partial charge in [0.25, 0.3) is 0 Å². The van der Waals surface area contributed by atoms with Crippen molar-refractivity contribution < 1.29 is 8.42 Å². The zero-order chi connectivity index (χ0) is 15.3. The van der Waals surface area contributed by atoms with Gasteiger partial charge in [0.1, 0.15) is 0 Å². The van der Waals surface area contributed by atoms with Crippen LogP contribution < -0.4 is 10.0 Å². The van der Waals surface area contributed by atoms with Crippen molar-refractivity contribution in [3.8, 4) is 0 Å². The monoisotopic (exact) mass is 308 g/mol. The molecule has 114 valence electrons. The second-order valence-corrected chi connectivity index (χ2v) is 6.71. The van der Waals surface area contributed by atoms with Gasteiger partial charge >= 0.3 is 0 Å². The van der Waals surface area contributed by atoms with Crippen molar-refractivity contribution >= 4 is 15.7 Å². The summed E-state index contributed by atoms with van der Waals surface area (Å²) in [6.07, 6.45) is 3.64. The molecule has 0 aliphatic heterocycles. The fourth-order valence-electron chi connectivity index (χ4n) is 1.88. The molecule has 0 fully saturated rings.